The molecule has 8 heteroatoms. The number of likely N-dealkylation sites (N-methyl/N-ethyl adjacent to an activating group) is 1. The van der Waals surface area contributed by atoms with Gasteiger partial charge in [-0.15, -0.1) is 0 Å². The first-order chi connectivity index (χ1) is 13.6. The van der Waals surface area contributed by atoms with Crippen molar-refractivity contribution in [2.24, 2.45) is 0 Å². The maximum atomic E-state index is 12.8. The van der Waals surface area contributed by atoms with Crippen LogP contribution in [-0.4, -0.2) is 37.6 Å². The first-order valence-corrected chi connectivity index (χ1v) is 9.55. The SMILES string of the molecule is CN(C(=O)Cn1nnn(-c2ccccc2Cl)c1=O)[C@H]1CCCc2ccccc21. The van der Waals surface area contributed by atoms with Gasteiger partial charge in [0.1, 0.15) is 6.54 Å². The quantitative estimate of drug-likeness (QED) is 0.678. The molecule has 1 heterocycles. The number of hydrogen-bond donors (Lipinski definition) is 0. The smallest absolute Gasteiger partial charge is 0.337 e. The Kier molecular flexibility index (Phi) is 5.00. The van der Waals surface area contributed by atoms with Gasteiger partial charge in [-0.25, -0.2) is 4.79 Å². The minimum Gasteiger partial charge on any atom is -0.337 e. The standard InChI is InChI=1S/C20H20ClN5O2/c1-24(17-12-6-8-14-7-2-3-9-15(14)17)19(27)13-25-20(28)26(23-22-25)18-11-5-4-10-16(18)21/h2-5,7,9-11,17H,6,8,12-13H2,1H3/t17-/m0/s1. The van der Waals surface area contributed by atoms with Gasteiger partial charge in [0.2, 0.25) is 5.91 Å². The molecule has 3 aromatic rings. The lowest BCUT2D eigenvalue weighted by molar-refractivity contribution is -0.133. The van der Waals surface area contributed by atoms with E-state index in [0.717, 1.165) is 28.6 Å². The number of fused-ring (bicyclic) bond motifs is 1. The zero-order valence-electron chi connectivity index (χ0n) is 15.5. The van der Waals surface area contributed by atoms with Crippen molar-refractivity contribution in [3.8, 4) is 5.69 Å². The minimum absolute atomic E-state index is 0.00626. The minimum atomic E-state index is -0.501. The summed E-state index contributed by atoms with van der Waals surface area (Å²) < 4.78 is 2.17. The fourth-order valence-corrected chi connectivity index (χ4v) is 3.91. The third-order valence-corrected chi connectivity index (χ3v) is 5.52. The van der Waals surface area contributed by atoms with Crippen LogP contribution in [0.5, 0.6) is 0 Å². The van der Waals surface area contributed by atoms with Crippen molar-refractivity contribution in [2.75, 3.05) is 7.05 Å². The maximum Gasteiger partial charge on any atom is 0.369 e. The lowest BCUT2D eigenvalue weighted by atomic mass is 9.87. The van der Waals surface area contributed by atoms with Crippen LogP contribution in [0, 0.1) is 0 Å². The second-order valence-electron chi connectivity index (χ2n) is 6.89. The van der Waals surface area contributed by atoms with E-state index in [4.69, 9.17) is 11.6 Å². The average Bonchev–Trinajstić information content (AvgIpc) is 3.07. The van der Waals surface area contributed by atoms with Gasteiger partial charge in [-0.3, -0.25) is 4.79 Å². The Morgan fingerprint density at radius 3 is 2.75 bits per heavy atom. The van der Waals surface area contributed by atoms with Crippen LogP contribution in [0.2, 0.25) is 5.02 Å². The first-order valence-electron chi connectivity index (χ1n) is 9.17. The topological polar surface area (TPSA) is 73.0 Å². The Labute approximate surface area is 167 Å². The number of aromatic nitrogens is 4. The van der Waals surface area contributed by atoms with E-state index < -0.39 is 5.69 Å². The van der Waals surface area contributed by atoms with Crippen LogP contribution in [-0.2, 0) is 17.8 Å². The maximum absolute atomic E-state index is 12.8. The van der Waals surface area contributed by atoms with Gasteiger partial charge in [0.05, 0.1) is 16.8 Å². The van der Waals surface area contributed by atoms with Crippen LogP contribution in [0.4, 0.5) is 0 Å². The molecular formula is C20H20ClN5O2. The zero-order valence-corrected chi connectivity index (χ0v) is 16.2. The molecule has 0 saturated carbocycles. The van der Waals surface area contributed by atoms with E-state index in [0.29, 0.717) is 10.7 Å². The molecule has 0 unspecified atom stereocenters. The fraction of sp³-hybridized carbons (Fsp3) is 0.300. The predicted molar refractivity (Wildman–Crippen MR) is 106 cm³/mol. The number of halogens is 1. The molecule has 7 nitrogen and oxygen atoms in total. The van der Waals surface area contributed by atoms with Crippen molar-refractivity contribution in [1.29, 1.82) is 0 Å². The number of para-hydroxylation sites is 1. The third-order valence-electron chi connectivity index (χ3n) is 5.20. The van der Waals surface area contributed by atoms with Crippen LogP contribution >= 0.6 is 11.6 Å². The molecule has 0 radical (unpaired) electrons. The molecular weight excluding hydrogens is 378 g/mol. The molecule has 1 aromatic heterocycles. The van der Waals surface area contributed by atoms with Crippen molar-refractivity contribution in [3.63, 3.8) is 0 Å². The summed E-state index contributed by atoms with van der Waals surface area (Å²) in [6.45, 7) is -0.168. The van der Waals surface area contributed by atoms with Crippen LogP contribution in [0.1, 0.15) is 30.0 Å². The molecule has 0 bridgehead atoms. The number of aryl methyl sites for hydroxylation is 1. The van der Waals surface area contributed by atoms with Gasteiger partial charge in [-0.1, -0.05) is 48.0 Å². The molecule has 1 aliphatic rings. The highest BCUT2D eigenvalue weighted by Crippen LogP contribution is 2.33. The molecule has 0 aliphatic heterocycles. The van der Waals surface area contributed by atoms with E-state index >= 15 is 0 Å². The molecule has 144 valence electrons. The van der Waals surface area contributed by atoms with Crippen molar-refractivity contribution in [3.05, 3.63) is 75.2 Å². The second-order valence-corrected chi connectivity index (χ2v) is 7.30. The van der Waals surface area contributed by atoms with Gasteiger partial charge in [0.25, 0.3) is 0 Å². The number of benzene rings is 2. The fourth-order valence-electron chi connectivity index (χ4n) is 3.69. The summed E-state index contributed by atoms with van der Waals surface area (Å²) in [5.41, 5.74) is 2.39. The molecule has 28 heavy (non-hydrogen) atoms. The Hall–Kier alpha value is -2.93. The number of tetrazole rings is 1. The number of carbonyl (C=O) groups is 1. The highest BCUT2D eigenvalue weighted by Gasteiger charge is 2.27. The normalized spacial score (nSPS) is 15.9. The number of hydrogen-bond acceptors (Lipinski definition) is 4. The number of carbonyl (C=O) groups excluding carboxylic acids is 1. The first kappa shape index (κ1) is 18.4. The molecule has 1 amide bonds. The van der Waals surface area contributed by atoms with E-state index in [1.54, 1.807) is 36.2 Å². The Balaban J connectivity index is 1.55. The summed E-state index contributed by atoms with van der Waals surface area (Å²) in [6, 6.07) is 15.1. The number of rotatable bonds is 4. The largest absolute Gasteiger partial charge is 0.369 e. The van der Waals surface area contributed by atoms with Gasteiger partial charge in [0, 0.05) is 7.05 Å². The summed E-state index contributed by atoms with van der Waals surface area (Å²) in [6.07, 6.45) is 2.96. The molecule has 0 N–H and O–H groups in total. The average molecular weight is 398 g/mol. The zero-order chi connectivity index (χ0) is 19.7. The van der Waals surface area contributed by atoms with Gasteiger partial charge in [0.15, 0.2) is 0 Å². The predicted octanol–water partition coefficient (Wildman–Crippen LogP) is 2.62. The monoisotopic (exact) mass is 397 g/mol. The molecule has 4 rings (SSSR count). The molecule has 0 fully saturated rings. The van der Waals surface area contributed by atoms with Gasteiger partial charge in [-0.2, -0.15) is 9.36 Å². The van der Waals surface area contributed by atoms with E-state index in [1.165, 1.54) is 11.1 Å². The van der Waals surface area contributed by atoms with E-state index in [-0.39, 0.29) is 18.5 Å². The summed E-state index contributed by atoms with van der Waals surface area (Å²) in [7, 11) is 1.78. The molecule has 1 atom stereocenters. The van der Waals surface area contributed by atoms with Crippen LogP contribution < -0.4 is 5.69 Å². The van der Waals surface area contributed by atoms with Crippen molar-refractivity contribution in [1.82, 2.24) is 24.7 Å². The van der Waals surface area contributed by atoms with Gasteiger partial charge in [-0.05, 0) is 52.9 Å². The van der Waals surface area contributed by atoms with Crippen molar-refractivity contribution >= 4 is 17.5 Å². The van der Waals surface area contributed by atoms with E-state index in [1.807, 2.05) is 12.1 Å². The second kappa shape index (κ2) is 7.59. The highest BCUT2D eigenvalue weighted by atomic mass is 35.5. The van der Waals surface area contributed by atoms with Crippen molar-refractivity contribution in [2.45, 2.75) is 31.8 Å². The highest BCUT2D eigenvalue weighted by molar-refractivity contribution is 6.32. The summed E-state index contributed by atoms with van der Waals surface area (Å²) >= 11 is 6.13. The Morgan fingerprint density at radius 2 is 1.93 bits per heavy atom. The van der Waals surface area contributed by atoms with Gasteiger partial charge < -0.3 is 4.90 Å². The number of nitrogens with zero attached hydrogens (tertiary/aromatic N) is 5. The molecule has 0 spiro atoms. The Morgan fingerprint density at radius 1 is 1.18 bits per heavy atom. The lowest BCUT2D eigenvalue weighted by Crippen LogP contribution is -2.38. The molecule has 1 aliphatic carbocycles. The summed E-state index contributed by atoms with van der Waals surface area (Å²) in [5.74, 6) is -0.185. The summed E-state index contributed by atoms with van der Waals surface area (Å²) in [5, 5.41) is 8.11. The number of amides is 1. The van der Waals surface area contributed by atoms with E-state index in [2.05, 4.69) is 22.6 Å². The van der Waals surface area contributed by atoms with Gasteiger partial charge >= 0.3 is 5.69 Å². The van der Waals surface area contributed by atoms with Crippen LogP contribution in [0.3, 0.4) is 0 Å². The van der Waals surface area contributed by atoms with Crippen LogP contribution in [0.25, 0.3) is 5.69 Å². The molecule has 2 aromatic carbocycles. The van der Waals surface area contributed by atoms with Crippen LogP contribution in [0.15, 0.2) is 53.3 Å². The lowest BCUT2D eigenvalue weighted by Gasteiger charge is -2.33. The Bertz CT molecular complexity index is 1070. The third kappa shape index (κ3) is 3.33. The van der Waals surface area contributed by atoms with E-state index in [9.17, 15) is 9.59 Å². The summed E-state index contributed by atoms with van der Waals surface area (Å²) in [4.78, 5) is 27.2. The van der Waals surface area contributed by atoms with Crippen molar-refractivity contribution < 1.29 is 4.79 Å². The molecule has 0 saturated heterocycles.